The van der Waals surface area contributed by atoms with Crippen molar-refractivity contribution in [1.82, 2.24) is 5.32 Å². The van der Waals surface area contributed by atoms with E-state index in [0.717, 1.165) is 25.9 Å². The third-order valence-corrected chi connectivity index (χ3v) is 2.38. The lowest BCUT2D eigenvalue weighted by atomic mass is 10.2. The molecule has 1 atom stereocenters. The molecule has 3 N–H and O–H groups in total. The Morgan fingerprint density at radius 1 is 1.67 bits per heavy atom. The summed E-state index contributed by atoms with van der Waals surface area (Å²) < 4.78 is 0. The van der Waals surface area contributed by atoms with Crippen molar-refractivity contribution in [2.75, 3.05) is 25.1 Å². The lowest BCUT2D eigenvalue weighted by Crippen LogP contribution is -2.36. The molecule has 0 aliphatic heterocycles. The number of nitrogens with one attached hydrogen (secondary N) is 1. The van der Waals surface area contributed by atoms with E-state index in [4.69, 9.17) is 5.73 Å². The van der Waals surface area contributed by atoms with E-state index in [-0.39, 0.29) is 0 Å². The first kappa shape index (κ1) is 12.0. The Labute approximate surface area is 80.0 Å². The van der Waals surface area contributed by atoms with Crippen LogP contribution in [0.25, 0.3) is 0 Å². The normalized spacial score (nSPS) is 12.8. The minimum Gasteiger partial charge on any atom is -0.329 e. The first-order chi connectivity index (χ1) is 5.85. The van der Waals surface area contributed by atoms with Crippen LogP contribution in [0.4, 0.5) is 0 Å². The first-order valence-corrected chi connectivity index (χ1v) is 5.77. The molecule has 1 unspecified atom stereocenters. The van der Waals surface area contributed by atoms with Crippen LogP contribution < -0.4 is 11.1 Å². The van der Waals surface area contributed by atoms with Crippen molar-refractivity contribution in [1.29, 1.82) is 0 Å². The van der Waals surface area contributed by atoms with Gasteiger partial charge in [-0.05, 0) is 31.4 Å². The van der Waals surface area contributed by atoms with E-state index in [2.05, 4.69) is 18.2 Å². The number of hydrogen-bond donors (Lipinski definition) is 2. The minimum atomic E-state index is 0.484. The summed E-state index contributed by atoms with van der Waals surface area (Å²) in [6.45, 7) is 5.40. The van der Waals surface area contributed by atoms with Crippen LogP contribution in [0.15, 0.2) is 12.7 Å². The lowest BCUT2D eigenvalue weighted by Gasteiger charge is -2.15. The number of nitrogens with two attached hydrogens (primary N) is 1. The molecule has 0 heterocycles. The summed E-state index contributed by atoms with van der Waals surface area (Å²) >= 11 is 1.87. The zero-order valence-corrected chi connectivity index (χ0v) is 8.70. The SMILES string of the molecule is C=CCCNC(CN)CCSC. The average molecular weight is 188 g/mol. The maximum absolute atomic E-state index is 5.60. The standard InChI is InChI=1S/C9H20N2S/c1-3-4-6-11-9(8-10)5-7-12-2/h3,9,11H,1,4-8,10H2,2H3. The Kier molecular flexibility index (Phi) is 9.11. The fourth-order valence-electron chi connectivity index (χ4n) is 0.953. The molecule has 0 aromatic carbocycles. The smallest absolute Gasteiger partial charge is 0.0198 e. The summed E-state index contributed by atoms with van der Waals surface area (Å²) in [5.74, 6) is 1.18. The van der Waals surface area contributed by atoms with Crippen molar-refractivity contribution in [3.8, 4) is 0 Å². The maximum Gasteiger partial charge on any atom is 0.0198 e. The zero-order valence-electron chi connectivity index (χ0n) is 7.88. The van der Waals surface area contributed by atoms with Gasteiger partial charge in [0, 0.05) is 12.6 Å². The van der Waals surface area contributed by atoms with Gasteiger partial charge in [-0.3, -0.25) is 0 Å². The van der Waals surface area contributed by atoms with Gasteiger partial charge in [-0.2, -0.15) is 11.8 Å². The Bertz CT molecular complexity index is 107. The molecule has 0 amide bonds. The molecule has 2 nitrogen and oxygen atoms in total. The second-order valence-corrected chi connectivity index (χ2v) is 3.73. The topological polar surface area (TPSA) is 38.0 Å². The monoisotopic (exact) mass is 188 g/mol. The molecule has 0 spiro atoms. The molecule has 0 rings (SSSR count). The van der Waals surface area contributed by atoms with Gasteiger partial charge < -0.3 is 11.1 Å². The second-order valence-electron chi connectivity index (χ2n) is 2.75. The summed E-state index contributed by atoms with van der Waals surface area (Å²) in [6.07, 6.45) is 6.23. The van der Waals surface area contributed by atoms with E-state index in [0.29, 0.717) is 6.04 Å². The Morgan fingerprint density at radius 3 is 2.92 bits per heavy atom. The fraction of sp³-hybridized carbons (Fsp3) is 0.778. The van der Waals surface area contributed by atoms with Gasteiger partial charge in [-0.15, -0.1) is 6.58 Å². The molecule has 0 aromatic heterocycles. The van der Waals surface area contributed by atoms with Crippen LogP contribution in [-0.4, -0.2) is 31.1 Å². The lowest BCUT2D eigenvalue weighted by molar-refractivity contribution is 0.514. The molecule has 0 saturated heterocycles. The molecule has 0 saturated carbocycles. The highest BCUT2D eigenvalue weighted by molar-refractivity contribution is 7.98. The molecule has 0 radical (unpaired) electrons. The van der Waals surface area contributed by atoms with Crippen molar-refractivity contribution in [2.45, 2.75) is 18.9 Å². The largest absolute Gasteiger partial charge is 0.329 e. The van der Waals surface area contributed by atoms with Crippen molar-refractivity contribution in [3.05, 3.63) is 12.7 Å². The van der Waals surface area contributed by atoms with Crippen LogP contribution in [0.1, 0.15) is 12.8 Å². The first-order valence-electron chi connectivity index (χ1n) is 4.38. The number of rotatable bonds is 8. The van der Waals surface area contributed by atoms with Crippen LogP contribution in [0.3, 0.4) is 0 Å². The Balaban J connectivity index is 3.32. The number of hydrogen-bond acceptors (Lipinski definition) is 3. The molecule has 0 aliphatic rings. The van der Waals surface area contributed by atoms with E-state index in [9.17, 15) is 0 Å². The van der Waals surface area contributed by atoms with Gasteiger partial charge >= 0.3 is 0 Å². The van der Waals surface area contributed by atoms with Gasteiger partial charge in [-0.1, -0.05) is 6.08 Å². The van der Waals surface area contributed by atoms with Crippen molar-refractivity contribution >= 4 is 11.8 Å². The highest BCUT2D eigenvalue weighted by atomic mass is 32.2. The summed E-state index contributed by atoms with van der Waals surface area (Å²) in [5.41, 5.74) is 5.60. The van der Waals surface area contributed by atoms with Gasteiger partial charge in [0.05, 0.1) is 0 Å². The molecular formula is C9H20N2S. The van der Waals surface area contributed by atoms with E-state index in [1.807, 2.05) is 17.8 Å². The summed E-state index contributed by atoms with van der Waals surface area (Å²) in [6, 6.07) is 0.484. The third-order valence-electron chi connectivity index (χ3n) is 1.74. The van der Waals surface area contributed by atoms with Gasteiger partial charge in [0.1, 0.15) is 0 Å². The summed E-state index contributed by atoms with van der Waals surface area (Å²) in [7, 11) is 0. The van der Waals surface area contributed by atoms with Gasteiger partial charge in [0.15, 0.2) is 0 Å². The molecule has 72 valence electrons. The van der Waals surface area contributed by atoms with E-state index in [1.54, 1.807) is 0 Å². The number of thioether (sulfide) groups is 1. The summed E-state index contributed by atoms with van der Waals surface area (Å²) in [4.78, 5) is 0. The molecule has 0 fully saturated rings. The average Bonchev–Trinajstić information content (AvgIpc) is 2.11. The van der Waals surface area contributed by atoms with Crippen molar-refractivity contribution < 1.29 is 0 Å². The quantitative estimate of drug-likeness (QED) is 0.444. The van der Waals surface area contributed by atoms with Crippen LogP contribution >= 0.6 is 11.8 Å². The van der Waals surface area contributed by atoms with Gasteiger partial charge in [-0.25, -0.2) is 0 Å². The van der Waals surface area contributed by atoms with Crippen molar-refractivity contribution in [2.24, 2.45) is 5.73 Å². The summed E-state index contributed by atoms with van der Waals surface area (Å²) in [5, 5.41) is 3.40. The molecule has 0 aliphatic carbocycles. The van der Waals surface area contributed by atoms with E-state index in [1.165, 1.54) is 5.75 Å². The van der Waals surface area contributed by atoms with Crippen molar-refractivity contribution in [3.63, 3.8) is 0 Å². The highest BCUT2D eigenvalue weighted by Crippen LogP contribution is 1.99. The van der Waals surface area contributed by atoms with E-state index < -0.39 is 0 Å². The molecule has 0 aromatic rings. The molecule has 12 heavy (non-hydrogen) atoms. The van der Waals surface area contributed by atoms with Gasteiger partial charge in [0.2, 0.25) is 0 Å². The predicted molar refractivity (Wildman–Crippen MR) is 58.7 cm³/mol. The van der Waals surface area contributed by atoms with E-state index >= 15 is 0 Å². The second kappa shape index (κ2) is 9.10. The third kappa shape index (κ3) is 6.70. The zero-order chi connectivity index (χ0) is 9.23. The Morgan fingerprint density at radius 2 is 2.42 bits per heavy atom. The van der Waals surface area contributed by atoms with Crippen LogP contribution in [0.2, 0.25) is 0 Å². The minimum absolute atomic E-state index is 0.484. The molecule has 0 bridgehead atoms. The molecular weight excluding hydrogens is 168 g/mol. The fourth-order valence-corrected chi connectivity index (χ4v) is 1.47. The predicted octanol–water partition coefficient (Wildman–Crippen LogP) is 1.23. The van der Waals surface area contributed by atoms with Crippen LogP contribution in [0.5, 0.6) is 0 Å². The Hall–Kier alpha value is 0.0100. The van der Waals surface area contributed by atoms with Crippen LogP contribution in [-0.2, 0) is 0 Å². The van der Waals surface area contributed by atoms with Crippen LogP contribution in [0, 0.1) is 0 Å². The van der Waals surface area contributed by atoms with Gasteiger partial charge in [0.25, 0.3) is 0 Å². The molecule has 3 heteroatoms. The maximum atomic E-state index is 5.60. The highest BCUT2D eigenvalue weighted by Gasteiger charge is 2.02.